The SMILES string of the molecule is O=C(/C=c1\[nH]c(=O)/c(=C/c2ccc3c(c2)CCCO3)s1)Cc1ccc(F)cc1. The molecule has 0 bridgehead atoms. The molecule has 3 aromatic rings. The number of rotatable bonds is 4. The molecule has 2 aromatic carbocycles. The molecular formula is C22H18FNO3S. The molecule has 4 rings (SSSR count). The summed E-state index contributed by atoms with van der Waals surface area (Å²) in [6.07, 6.45) is 5.36. The van der Waals surface area contributed by atoms with E-state index in [2.05, 4.69) is 4.98 Å². The van der Waals surface area contributed by atoms with Crippen LogP contribution in [0.5, 0.6) is 5.75 Å². The van der Waals surface area contributed by atoms with Gasteiger partial charge in [0.25, 0.3) is 5.56 Å². The van der Waals surface area contributed by atoms with Crippen LogP contribution >= 0.6 is 11.3 Å². The van der Waals surface area contributed by atoms with Crippen molar-refractivity contribution in [2.75, 3.05) is 6.61 Å². The molecule has 142 valence electrons. The van der Waals surface area contributed by atoms with E-state index in [9.17, 15) is 14.0 Å². The fraction of sp³-hybridized carbons (Fsp3) is 0.182. The fourth-order valence-electron chi connectivity index (χ4n) is 3.15. The second-order valence-corrected chi connectivity index (χ2v) is 7.75. The number of aromatic amines is 1. The Bertz CT molecular complexity index is 1190. The molecule has 0 amide bonds. The zero-order chi connectivity index (χ0) is 19.5. The number of H-pyrrole nitrogens is 1. The lowest BCUT2D eigenvalue weighted by molar-refractivity contribution is -0.112. The Kier molecular flexibility index (Phi) is 5.21. The third kappa shape index (κ3) is 4.28. The van der Waals surface area contributed by atoms with Crippen LogP contribution in [0.25, 0.3) is 12.2 Å². The van der Waals surface area contributed by atoms with Gasteiger partial charge in [0.2, 0.25) is 0 Å². The second-order valence-electron chi connectivity index (χ2n) is 6.66. The van der Waals surface area contributed by atoms with Gasteiger partial charge in [0, 0.05) is 12.5 Å². The number of carbonyl (C=O) groups is 1. The van der Waals surface area contributed by atoms with Crippen LogP contribution in [-0.2, 0) is 17.6 Å². The Morgan fingerprint density at radius 1 is 1.21 bits per heavy atom. The summed E-state index contributed by atoms with van der Waals surface area (Å²) in [4.78, 5) is 27.2. The molecule has 0 aliphatic carbocycles. The predicted molar refractivity (Wildman–Crippen MR) is 108 cm³/mol. The van der Waals surface area contributed by atoms with E-state index in [0.717, 1.165) is 41.9 Å². The molecule has 1 aliphatic heterocycles. The van der Waals surface area contributed by atoms with Crippen molar-refractivity contribution >= 4 is 29.3 Å². The van der Waals surface area contributed by atoms with E-state index < -0.39 is 0 Å². The Hall–Kier alpha value is -2.99. The average molecular weight is 395 g/mol. The molecule has 1 aliphatic rings. The minimum absolute atomic E-state index is 0.151. The summed E-state index contributed by atoms with van der Waals surface area (Å²) < 4.78 is 19.6. The van der Waals surface area contributed by atoms with Crippen LogP contribution in [0.2, 0.25) is 0 Å². The number of Topliss-reactive ketones (excluding diaryl/α,β-unsaturated/α-hetero) is 1. The van der Waals surface area contributed by atoms with Gasteiger partial charge in [-0.15, -0.1) is 11.3 Å². The smallest absolute Gasteiger partial charge is 0.266 e. The van der Waals surface area contributed by atoms with Gasteiger partial charge in [0.05, 0.1) is 15.8 Å². The molecule has 2 heterocycles. The first kappa shape index (κ1) is 18.4. The van der Waals surface area contributed by atoms with Gasteiger partial charge in [-0.3, -0.25) is 9.59 Å². The first-order valence-corrected chi connectivity index (χ1v) is 9.84. The summed E-state index contributed by atoms with van der Waals surface area (Å²) >= 11 is 1.24. The minimum atomic E-state index is -0.336. The number of nitrogens with one attached hydrogen (secondary N) is 1. The third-order valence-corrected chi connectivity index (χ3v) is 5.46. The van der Waals surface area contributed by atoms with Crippen molar-refractivity contribution in [2.45, 2.75) is 19.3 Å². The number of benzene rings is 2. The van der Waals surface area contributed by atoms with Crippen molar-refractivity contribution < 1.29 is 13.9 Å². The first-order chi connectivity index (χ1) is 13.6. The molecule has 1 N–H and O–H groups in total. The molecule has 0 fully saturated rings. The highest BCUT2D eigenvalue weighted by Crippen LogP contribution is 2.25. The van der Waals surface area contributed by atoms with Crippen molar-refractivity contribution in [3.05, 3.63) is 84.5 Å². The molecular weight excluding hydrogens is 377 g/mol. The van der Waals surface area contributed by atoms with E-state index in [-0.39, 0.29) is 23.6 Å². The summed E-state index contributed by atoms with van der Waals surface area (Å²) in [5.74, 6) is 0.419. The third-order valence-electron chi connectivity index (χ3n) is 4.49. The first-order valence-electron chi connectivity index (χ1n) is 9.02. The molecule has 1 aromatic heterocycles. The van der Waals surface area contributed by atoms with Crippen LogP contribution in [0.4, 0.5) is 4.39 Å². The van der Waals surface area contributed by atoms with Crippen molar-refractivity contribution in [1.82, 2.24) is 4.98 Å². The second kappa shape index (κ2) is 7.94. The van der Waals surface area contributed by atoms with Crippen LogP contribution in [0.15, 0.2) is 47.3 Å². The minimum Gasteiger partial charge on any atom is -0.493 e. The molecule has 28 heavy (non-hydrogen) atoms. The Labute approximate surface area is 164 Å². The summed E-state index contributed by atoms with van der Waals surface area (Å²) in [6, 6.07) is 11.7. The monoisotopic (exact) mass is 395 g/mol. The van der Waals surface area contributed by atoms with Gasteiger partial charge < -0.3 is 9.72 Å². The summed E-state index contributed by atoms with van der Waals surface area (Å²) in [7, 11) is 0. The van der Waals surface area contributed by atoms with Crippen molar-refractivity contribution in [2.24, 2.45) is 0 Å². The Morgan fingerprint density at radius 3 is 2.86 bits per heavy atom. The van der Waals surface area contributed by atoms with Gasteiger partial charge >= 0.3 is 0 Å². The lowest BCUT2D eigenvalue weighted by Gasteiger charge is -2.17. The van der Waals surface area contributed by atoms with Crippen molar-refractivity contribution in [3.8, 4) is 5.75 Å². The lowest BCUT2D eigenvalue weighted by Crippen LogP contribution is -2.20. The maximum Gasteiger partial charge on any atom is 0.266 e. The lowest BCUT2D eigenvalue weighted by atomic mass is 10.0. The standard InChI is InChI=1S/C22H18FNO3S/c23-17-6-3-14(4-7-17)11-18(25)13-21-24-22(26)20(28-21)12-15-5-8-19-16(10-15)2-1-9-27-19/h3-8,10,12-13H,1-2,9,11H2,(H,24,26)/b20-12-,21-13+. The molecule has 0 unspecified atom stereocenters. The van der Waals surface area contributed by atoms with E-state index in [1.165, 1.54) is 29.5 Å². The molecule has 0 spiro atoms. The topological polar surface area (TPSA) is 59.2 Å². The van der Waals surface area contributed by atoms with E-state index in [4.69, 9.17) is 4.74 Å². The number of hydrogen-bond acceptors (Lipinski definition) is 4. The highest BCUT2D eigenvalue weighted by atomic mass is 32.1. The Morgan fingerprint density at radius 2 is 2.04 bits per heavy atom. The van der Waals surface area contributed by atoms with Gasteiger partial charge in [-0.1, -0.05) is 18.2 Å². The summed E-state index contributed by atoms with van der Waals surface area (Å²) in [6.45, 7) is 0.742. The predicted octanol–water partition coefficient (Wildman–Crippen LogP) is 2.32. The molecule has 6 heteroatoms. The quantitative estimate of drug-likeness (QED) is 0.738. The van der Waals surface area contributed by atoms with Gasteiger partial charge in [0.1, 0.15) is 11.6 Å². The average Bonchev–Trinajstić information content (AvgIpc) is 3.02. The van der Waals surface area contributed by atoms with Crippen LogP contribution in [0.3, 0.4) is 0 Å². The fourth-order valence-corrected chi connectivity index (χ4v) is 4.06. The normalized spacial score (nSPS) is 14.6. The summed E-state index contributed by atoms with van der Waals surface area (Å²) in [5, 5.41) is 0. The molecule has 0 saturated heterocycles. The maximum atomic E-state index is 12.9. The Balaban J connectivity index is 1.58. The van der Waals surface area contributed by atoms with Crippen LogP contribution in [0.1, 0.15) is 23.1 Å². The number of hydrogen-bond donors (Lipinski definition) is 1. The van der Waals surface area contributed by atoms with Gasteiger partial charge in [-0.25, -0.2) is 4.39 Å². The number of ketones is 1. The number of halogens is 1. The van der Waals surface area contributed by atoms with Gasteiger partial charge in [0.15, 0.2) is 5.78 Å². The number of ether oxygens (including phenoxy) is 1. The van der Waals surface area contributed by atoms with Crippen molar-refractivity contribution in [1.29, 1.82) is 0 Å². The molecule has 0 saturated carbocycles. The van der Waals surface area contributed by atoms with E-state index in [1.807, 2.05) is 24.3 Å². The largest absolute Gasteiger partial charge is 0.493 e. The van der Waals surface area contributed by atoms with E-state index in [1.54, 1.807) is 12.1 Å². The van der Waals surface area contributed by atoms with Crippen LogP contribution < -0.4 is 19.5 Å². The molecule has 0 radical (unpaired) electrons. The highest BCUT2D eigenvalue weighted by molar-refractivity contribution is 7.07. The maximum absolute atomic E-state index is 12.9. The number of aryl methyl sites for hydroxylation is 1. The highest BCUT2D eigenvalue weighted by Gasteiger charge is 2.10. The van der Waals surface area contributed by atoms with Gasteiger partial charge in [-0.05, 0) is 59.9 Å². The molecule has 0 atom stereocenters. The number of aromatic nitrogens is 1. The zero-order valence-corrected chi connectivity index (χ0v) is 15.9. The van der Waals surface area contributed by atoms with E-state index in [0.29, 0.717) is 9.20 Å². The van der Waals surface area contributed by atoms with Gasteiger partial charge in [-0.2, -0.15) is 0 Å². The number of carbonyl (C=O) groups excluding carboxylic acids is 1. The number of thiazole rings is 1. The van der Waals surface area contributed by atoms with E-state index >= 15 is 0 Å². The van der Waals surface area contributed by atoms with Crippen LogP contribution in [-0.4, -0.2) is 17.4 Å². The molecule has 4 nitrogen and oxygen atoms in total. The van der Waals surface area contributed by atoms with Crippen LogP contribution in [0, 0.1) is 5.82 Å². The zero-order valence-electron chi connectivity index (χ0n) is 15.0. The summed E-state index contributed by atoms with van der Waals surface area (Å²) in [5.41, 5.74) is 2.58. The van der Waals surface area contributed by atoms with Crippen molar-refractivity contribution in [3.63, 3.8) is 0 Å². The number of fused-ring (bicyclic) bond motifs is 1.